The molecule has 3 nitrogen and oxygen atoms in total. The summed E-state index contributed by atoms with van der Waals surface area (Å²) in [5.74, 6) is 0.348. The van der Waals surface area contributed by atoms with Crippen LogP contribution in [0.15, 0.2) is 35.6 Å². The molecule has 102 valence electrons. The highest BCUT2D eigenvalue weighted by Gasteiger charge is 2.48. The monoisotopic (exact) mass is 278 g/mol. The minimum Gasteiger partial charge on any atom is -0.479 e. The Morgan fingerprint density at radius 1 is 1.42 bits per heavy atom. The number of carbonyl (C=O) groups excluding carboxylic acids is 2. The zero-order valence-electron chi connectivity index (χ0n) is 11.4. The lowest BCUT2D eigenvalue weighted by molar-refractivity contribution is -0.126. The van der Waals surface area contributed by atoms with Gasteiger partial charge in [-0.05, 0) is 19.4 Å². The van der Waals surface area contributed by atoms with Crippen LogP contribution in [0.3, 0.4) is 0 Å². The Balaban J connectivity index is 2.22. The van der Waals surface area contributed by atoms with Gasteiger partial charge in [0.05, 0.1) is 0 Å². The second-order valence-corrected chi connectivity index (χ2v) is 6.36. The van der Waals surface area contributed by atoms with Gasteiger partial charge in [-0.1, -0.05) is 43.8 Å². The Kier molecular flexibility index (Phi) is 3.99. The van der Waals surface area contributed by atoms with Crippen LogP contribution in [-0.4, -0.2) is 21.7 Å². The average molecular weight is 278 g/mol. The number of rotatable bonds is 3. The van der Waals surface area contributed by atoms with Crippen molar-refractivity contribution >= 4 is 22.7 Å². The van der Waals surface area contributed by atoms with Crippen molar-refractivity contribution in [2.75, 3.05) is 0 Å². The van der Waals surface area contributed by atoms with Crippen LogP contribution < -0.4 is 0 Å². The van der Waals surface area contributed by atoms with Crippen molar-refractivity contribution in [2.45, 2.75) is 44.5 Å². The molecule has 0 amide bonds. The van der Waals surface area contributed by atoms with E-state index in [1.54, 1.807) is 19.1 Å². The SMILES string of the molecule is CC/C=C/C=C/[C@@]1(C)OC2=C(C(=O)SC(C)C2)C1=O. The average Bonchev–Trinajstić information content (AvgIpc) is 2.57. The van der Waals surface area contributed by atoms with E-state index in [2.05, 4.69) is 0 Å². The maximum absolute atomic E-state index is 12.3. The Labute approximate surface area is 117 Å². The van der Waals surface area contributed by atoms with E-state index in [9.17, 15) is 9.59 Å². The minimum absolute atomic E-state index is 0.153. The molecule has 0 aliphatic carbocycles. The number of thioether (sulfide) groups is 1. The molecule has 0 bridgehead atoms. The van der Waals surface area contributed by atoms with Crippen molar-refractivity contribution < 1.29 is 14.3 Å². The van der Waals surface area contributed by atoms with Crippen LogP contribution in [0.5, 0.6) is 0 Å². The lowest BCUT2D eigenvalue weighted by atomic mass is 9.96. The van der Waals surface area contributed by atoms with Gasteiger partial charge in [0.15, 0.2) is 5.60 Å². The van der Waals surface area contributed by atoms with Crippen molar-refractivity contribution in [3.05, 3.63) is 35.6 Å². The van der Waals surface area contributed by atoms with Gasteiger partial charge in [0, 0.05) is 11.7 Å². The topological polar surface area (TPSA) is 43.4 Å². The molecule has 2 atom stereocenters. The van der Waals surface area contributed by atoms with E-state index >= 15 is 0 Å². The molecule has 0 saturated carbocycles. The molecule has 0 fully saturated rings. The Morgan fingerprint density at radius 2 is 2.16 bits per heavy atom. The van der Waals surface area contributed by atoms with Crippen LogP contribution >= 0.6 is 11.8 Å². The molecule has 0 spiro atoms. The summed E-state index contributed by atoms with van der Waals surface area (Å²) in [5, 5.41) is 0.0188. The highest BCUT2D eigenvalue weighted by molar-refractivity contribution is 8.14. The van der Waals surface area contributed by atoms with Crippen LogP contribution in [0, 0.1) is 0 Å². The highest BCUT2D eigenvalue weighted by Crippen LogP contribution is 2.41. The lowest BCUT2D eigenvalue weighted by Crippen LogP contribution is -2.32. The number of ether oxygens (including phenoxy) is 1. The molecule has 0 saturated heterocycles. The van der Waals surface area contributed by atoms with Crippen molar-refractivity contribution in [3.8, 4) is 0 Å². The van der Waals surface area contributed by atoms with Crippen molar-refractivity contribution in [1.29, 1.82) is 0 Å². The second kappa shape index (κ2) is 5.37. The molecule has 0 N–H and O–H groups in total. The van der Waals surface area contributed by atoms with Gasteiger partial charge in [-0.2, -0.15) is 0 Å². The van der Waals surface area contributed by atoms with E-state index < -0.39 is 5.60 Å². The molecule has 0 aromatic carbocycles. The standard InChI is InChI=1S/C15H18O3S/c1-4-5-6-7-8-15(3)13(16)12-11(18-15)9-10(2)19-14(12)17/h5-8,10H,4,9H2,1-3H3/b6-5+,8-7+/t10?,15-/m1/s1. The fraction of sp³-hybridized carbons (Fsp3) is 0.467. The van der Waals surface area contributed by atoms with E-state index in [0.29, 0.717) is 12.2 Å². The number of hydrogen-bond donors (Lipinski definition) is 0. The smallest absolute Gasteiger partial charge is 0.226 e. The number of hydrogen-bond acceptors (Lipinski definition) is 4. The van der Waals surface area contributed by atoms with Gasteiger partial charge in [-0.25, -0.2) is 0 Å². The third kappa shape index (κ3) is 2.68. The number of carbonyl (C=O) groups is 2. The molecule has 1 unspecified atom stereocenters. The van der Waals surface area contributed by atoms with E-state index in [1.807, 2.05) is 26.0 Å². The van der Waals surface area contributed by atoms with Crippen molar-refractivity contribution in [1.82, 2.24) is 0 Å². The fourth-order valence-electron chi connectivity index (χ4n) is 2.19. The molecule has 2 rings (SSSR count). The van der Waals surface area contributed by atoms with Crippen LogP contribution in [0.1, 0.15) is 33.6 Å². The third-order valence-electron chi connectivity index (χ3n) is 3.17. The van der Waals surface area contributed by atoms with Crippen LogP contribution in [0.4, 0.5) is 0 Å². The van der Waals surface area contributed by atoms with E-state index in [0.717, 1.165) is 6.42 Å². The van der Waals surface area contributed by atoms with E-state index in [-0.39, 0.29) is 21.7 Å². The fourth-order valence-corrected chi connectivity index (χ4v) is 3.11. The number of allylic oxidation sites excluding steroid dienone is 4. The van der Waals surface area contributed by atoms with Gasteiger partial charge in [0.25, 0.3) is 0 Å². The second-order valence-electron chi connectivity index (χ2n) is 4.95. The molecule has 19 heavy (non-hydrogen) atoms. The Hall–Kier alpha value is -1.29. The van der Waals surface area contributed by atoms with Gasteiger partial charge in [-0.3, -0.25) is 9.59 Å². The molecule has 0 aromatic heterocycles. The predicted molar refractivity (Wildman–Crippen MR) is 76.8 cm³/mol. The quantitative estimate of drug-likeness (QED) is 0.587. The lowest BCUT2D eigenvalue weighted by Gasteiger charge is -2.20. The van der Waals surface area contributed by atoms with E-state index in [4.69, 9.17) is 4.74 Å². The molecule has 0 aromatic rings. The highest BCUT2D eigenvalue weighted by atomic mass is 32.2. The first kappa shape index (κ1) is 14.1. The molecule has 2 heterocycles. The molecule has 2 aliphatic rings. The minimum atomic E-state index is -1.02. The first-order valence-electron chi connectivity index (χ1n) is 6.50. The third-order valence-corrected chi connectivity index (χ3v) is 4.16. The first-order chi connectivity index (χ1) is 8.98. The Morgan fingerprint density at radius 3 is 2.84 bits per heavy atom. The molecule has 2 aliphatic heterocycles. The van der Waals surface area contributed by atoms with Gasteiger partial charge < -0.3 is 4.74 Å². The predicted octanol–water partition coefficient (Wildman–Crippen LogP) is 3.17. The summed E-state index contributed by atoms with van der Waals surface area (Å²) in [5.41, 5.74) is -0.766. The van der Waals surface area contributed by atoms with Gasteiger partial charge in [0.2, 0.25) is 10.9 Å². The van der Waals surface area contributed by atoms with Crippen LogP contribution in [-0.2, 0) is 14.3 Å². The zero-order chi connectivity index (χ0) is 14.0. The first-order valence-corrected chi connectivity index (χ1v) is 7.38. The molecular weight excluding hydrogens is 260 g/mol. The van der Waals surface area contributed by atoms with Crippen LogP contribution in [0.2, 0.25) is 0 Å². The largest absolute Gasteiger partial charge is 0.479 e. The summed E-state index contributed by atoms with van der Waals surface area (Å²) < 4.78 is 5.76. The van der Waals surface area contributed by atoms with Crippen LogP contribution in [0.25, 0.3) is 0 Å². The van der Waals surface area contributed by atoms with Gasteiger partial charge >= 0.3 is 0 Å². The maximum Gasteiger partial charge on any atom is 0.226 e. The zero-order valence-corrected chi connectivity index (χ0v) is 12.3. The summed E-state index contributed by atoms with van der Waals surface area (Å²) in [6, 6.07) is 0. The summed E-state index contributed by atoms with van der Waals surface area (Å²) in [6.45, 7) is 5.73. The van der Waals surface area contributed by atoms with Gasteiger partial charge in [0.1, 0.15) is 11.3 Å². The molecule has 0 radical (unpaired) electrons. The van der Waals surface area contributed by atoms with E-state index in [1.165, 1.54) is 11.8 Å². The Bertz CT molecular complexity index is 502. The number of ketones is 1. The molecule has 4 heteroatoms. The molecular formula is C15H18O3S. The summed E-state index contributed by atoms with van der Waals surface area (Å²) in [4.78, 5) is 24.3. The number of Topliss-reactive ketones (excluding diaryl/α,β-unsaturated/α-hetero) is 1. The summed E-state index contributed by atoms with van der Waals surface area (Å²) in [6.07, 6.45) is 9.00. The summed E-state index contributed by atoms with van der Waals surface area (Å²) in [7, 11) is 0. The summed E-state index contributed by atoms with van der Waals surface area (Å²) >= 11 is 1.22. The normalized spacial score (nSPS) is 31.4. The van der Waals surface area contributed by atoms with Crippen molar-refractivity contribution in [3.63, 3.8) is 0 Å². The van der Waals surface area contributed by atoms with Gasteiger partial charge in [-0.15, -0.1) is 0 Å². The van der Waals surface area contributed by atoms with Crippen molar-refractivity contribution in [2.24, 2.45) is 0 Å². The maximum atomic E-state index is 12.3.